The third kappa shape index (κ3) is 3.26. The van der Waals surface area contributed by atoms with E-state index in [9.17, 15) is 9.59 Å². The molecular formula is C24H25N5O2. The monoisotopic (exact) mass is 415 g/mol. The molecule has 3 heterocycles. The molecule has 7 nitrogen and oxygen atoms in total. The molecule has 0 radical (unpaired) electrons. The summed E-state index contributed by atoms with van der Waals surface area (Å²) in [5, 5.41) is 0. The Hall–Kier alpha value is -3.61. The maximum absolute atomic E-state index is 13.4. The topological polar surface area (TPSA) is 65.1 Å². The first-order chi connectivity index (χ1) is 15.0. The molecule has 0 N–H and O–H groups in total. The molecule has 1 aliphatic rings. The van der Waals surface area contributed by atoms with Crippen LogP contribution < -0.4 is 16.1 Å². The molecule has 158 valence electrons. The van der Waals surface area contributed by atoms with Crippen molar-refractivity contribution in [3.63, 3.8) is 0 Å². The van der Waals surface area contributed by atoms with Crippen LogP contribution >= 0.6 is 0 Å². The van der Waals surface area contributed by atoms with Crippen molar-refractivity contribution in [3.05, 3.63) is 86.6 Å². The lowest BCUT2D eigenvalue weighted by atomic mass is 10.1. The SMILES string of the molecule is Cc1cccc(N2CCCn3c2nc2c3c(=O)n(CCc3ccccc3)c(=O)n2C)c1. The van der Waals surface area contributed by atoms with E-state index in [-0.39, 0.29) is 11.2 Å². The summed E-state index contributed by atoms with van der Waals surface area (Å²) in [5.74, 6) is 0.722. The van der Waals surface area contributed by atoms with Crippen LogP contribution in [0.2, 0.25) is 0 Å². The summed E-state index contributed by atoms with van der Waals surface area (Å²) in [5.41, 5.74) is 3.66. The van der Waals surface area contributed by atoms with Crippen molar-refractivity contribution in [2.75, 3.05) is 11.4 Å². The van der Waals surface area contributed by atoms with E-state index >= 15 is 0 Å². The molecule has 31 heavy (non-hydrogen) atoms. The van der Waals surface area contributed by atoms with Gasteiger partial charge in [-0.3, -0.25) is 13.9 Å². The van der Waals surface area contributed by atoms with Gasteiger partial charge >= 0.3 is 5.69 Å². The zero-order chi connectivity index (χ0) is 21.5. The number of fused-ring (bicyclic) bond motifs is 3. The highest BCUT2D eigenvalue weighted by molar-refractivity contribution is 5.77. The minimum absolute atomic E-state index is 0.265. The van der Waals surface area contributed by atoms with Crippen LogP contribution in [0.5, 0.6) is 0 Å². The molecule has 0 bridgehead atoms. The second-order valence-corrected chi connectivity index (χ2v) is 8.11. The van der Waals surface area contributed by atoms with Crippen LogP contribution in [0.4, 0.5) is 11.6 Å². The maximum Gasteiger partial charge on any atom is 0.332 e. The largest absolute Gasteiger partial charge is 0.332 e. The van der Waals surface area contributed by atoms with Gasteiger partial charge in [0.25, 0.3) is 5.56 Å². The summed E-state index contributed by atoms with van der Waals surface area (Å²) in [6, 6.07) is 18.2. The van der Waals surface area contributed by atoms with Gasteiger partial charge in [0, 0.05) is 32.4 Å². The third-order valence-electron chi connectivity index (χ3n) is 6.00. The van der Waals surface area contributed by atoms with Gasteiger partial charge in [0.05, 0.1) is 0 Å². The highest BCUT2D eigenvalue weighted by Crippen LogP contribution is 2.31. The molecular weight excluding hydrogens is 390 g/mol. The van der Waals surface area contributed by atoms with Crippen molar-refractivity contribution >= 4 is 22.8 Å². The molecule has 7 heteroatoms. The molecule has 0 fully saturated rings. The van der Waals surface area contributed by atoms with Crippen molar-refractivity contribution in [1.29, 1.82) is 0 Å². The Morgan fingerprint density at radius 1 is 1.00 bits per heavy atom. The fourth-order valence-corrected chi connectivity index (χ4v) is 4.39. The van der Waals surface area contributed by atoms with Gasteiger partial charge in [-0.05, 0) is 43.0 Å². The van der Waals surface area contributed by atoms with Crippen LogP contribution in [0.3, 0.4) is 0 Å². The van der Waals surface area contributed by atoms with Gasteiger partial charge in [-0.15, -0.1) is 0 Å². The lowest BCUT2D eigenvalue weighted by molar-refractivity contribution is 0.585. The fourth-order valence-electron chi connectivity index (χ4n) is 4.39. The molecule has 0 saturated carbocycles. The van der Waals surface area contributed by atoms with Crippen LogP contribution in [0.25, 0.3) is 11.2 Å². The van der Waals surface area contributed by atoms with Crippen LogP contribution in [0.15, 0.2) is 64.2 Å². The number of anilines is 2. The number of hydrogen-bond acceptors (Lipinski definition) is 4. The number of benzene rings is 2. The quantitative estimate of drug-likeness (QED) is 0.514. The predicted octanol–water partition coefficient (Wildman–Crippen LogP) is 2.99. The van der Waals surface area contributed by atoms with Crippen molar-refractivity contribution in [3.8, 4) is 0 Å². The zero-order valence-corrected chi connectivity index (χ0v) is 17.8. The predicted molar refractivity (Wildman–Crippen MR) is 122 cm³/mol. The Morgan fingerprint density at radius 3 is 2.58 bits per heavy atom. The average Bonchev–Trinajstić information content (AvgIpc) is 3.18. The minimum atomic E-state index is -0.328. The molecule has 2 aromatic carbocycles. The molecule has 0 aliphatic carbocycles. The Balaban J connectivity index is 1.64. The first-order valence-electron chi connectivity index (χ1n) is 10.6. The number of rotatable bonds is 4. The molecule has 4 aromatic rings. The van der Waals surface area contributed by atoms with E-state index < -0.39 is 0 Å². The van der Waals surface area contributed by atoms with Crippen LogP contribution in [-0.2, 0) is 26.6 Å². The van der Waals surface area contributed by atoms with E-state index in [0.29, 0.717) is 30.7 Å². The third-order valence-corrected chi connectivity index (χ3v) is 6.00. The zero-order valence-electron chi connectivity index (χ0n) is 17.8. The standard InChI is InChI=1S/C24H25N5O2/c1-17-8-6-11-19(16-17)27-13-7-14-28-20-21(25-23(27)28)26(2)24(31)29(22(20)30)15-12-18-9-4-3-5-10-18/h3-6,8-11,16H,7,12-15H2,1-2H3. The normalized spacial score (nSPS) is 13.5. The summed E-state index contributed by atoms with van der Waals surface area (Å²) in [6.45, 7) is 3.93. The number of imidazole rings is 1. The van der Waals surface area contributed by atoms with Gasteiger partial charge in [-0.1, -0.05) is 42.5 Å². The molecule has 2 aromatic heterocycles. The molecule has 1 aliphatic heterocycles. The van der Waals surface area contributed by atoms with Crippen LogP contribution in [0.1, 0.15) is 17.5 Å². The minimum Gasteiger partial charge on any atom is -0.312 e. The molecule has 0 spiro atoms. The summed E-state index contributed by atoms with van der Waals surface area (Å²) >= 11 is 0. The molecule has 0 unspecified atom stereocenters. The summed E-state index contributed by atoms with van der Waals surface area (Å²) in [4.78, 5) is 33.3. The van der Waals surface area contributed by atoms with Gasteiger partial charge in [-0.2, -0.15) is 4.98 Å². The lowest BCUT2D eigenvalue weighted by Gasteiger charge is -2.29. The van der Waals surface area contributed by atoms with Crippen molar-refractivity contribution in [2.45, 2.75) is 32.9 Å². The Morgan fingerprint density at radius 2 is 1.81 bits per heavy atom. The van der Waals surface area contributed by atoms with Crippen molar-refractivity contribution in [2.24, 2.45) is 7.05 Å². The van der Waals surface area contributed by atoms with E-state index in [1.165, 1.54) is 14.7 Å². The fraction of sp³-hybridized carbons (Fsp3) is 0.292. The van der Waals surface area contributed by atoms with Crippen molar-refractivity contribution in [1.82, 2.24) is 18.7 Å². The van der Waals surface area contributed by atoms with Crippen LogP contribution in [0, 0.1) is 6.92 Å². The van der Waals surface area contributed by atoms with Gasteiger partial charge in [-0.25, -0.2) is 4.79 Å². The first kappa shape index (κ1) is 19.4. The van der Waals surface area contributed by atoms with Crippen molar-refractivity contribution < 1.29 is 0 Å². The van der Waals surface area contributed by atoms with Gasteiger partial charge in [0.2, 0.25) is 5.95 Å². The summed E-state index contributed by atoms with van der Waals surface area (Å²) in [6.07, 6.45) is 1.52. The molecule has 0 saturated heterocycles. The second-order valence-electron chi connectivity index (χ2n) is 8.11. The van der Waals surface area contributed by atoms with E-state index in [4.69, 9.17) is 4.98 Å². The number of aryl methyl sites for hydroxylation is 4. The second kappa shape index (κ2) is 7.58. The highest BCUT2D eigenvalue weighted by Gasteiger charge is 2.26. The molecule has 0 atom stereocenters. The molecule has 0 amide bonds. The lowest BCUT2D eigenvalue weighted by Crippen LogP contribution is -2.40. The highest BCUT2D eigenvalue weighted by atomic mass is 16.2. The summed E-state index contributed by atoms with van der Waals surface area (Å²) in [7, 11) is 1.69. The van der Waals surface area contributed by atoms with E-state index in [2.05, 4.69) is 30.0 Å². The van der Waals surface area contributed by atoms with E-state index in [1.807, 2.05) is 41.0 Å². The van der Waals surface area contributed by atoms with Crippen LogP contribution in [-0.4, -0.2) is 25.2 Å². The molecule has 5 rings (SSSR count). The number of nitrogens with zero attached hydrogens (tertiary/aromatic N) is 5. The summed E-state index contributed by atoms with van der Waals surface area (Å²) < 4.78 is 4.82. The first-order valence-corrected chi connectivity index (χ1v) is 10.6. The van der Waals surface area contributed by atoms with E-state index in [1.54, 1.807) is 7.05 Å². The Kier molecular flexibility index (Phi) is 4.73. The van der Waals surface area contributed by atoms with Gasteiger partial charge in [0.1, 0.15) is 0 Å². The van der Waals surface area contributed by atoms with Gasteiger partial charge < -0.3 is 9.47 Å². The average molecular weight is 415 g/mol. The number of hydrogen-bond donors (Lipinski definition) is 0. The Bertz CT molecular complexity index is 1380. The maximum atomic E-state index is 13.4. The smallest absolute Gasteiger partial charge is 0.312 e. The van der Waals surface area contributed by atoms with Gasteiger partial charge in [0.15, 0.2) is 11.2 Å². The van der Waals surface area contributed by atoms with E-state index in [0.717, 1.165) is 30.2 Å². The number of aromatic nitrogens is 4. The Labute approximate surface area is 179 Å².